The lowest BCUT2D eigenvalue weighted by Crippen LogP contribution is -2.38. The van der Waals surface area contributed by atoms with Crippen molar-refractivity contribution in [2.24, 2.45) is 0 Å². The second-order valence-electron chi connectivity index (χ2n) is 11.3. The number of hydrogen-bond donors (Lipinski definition) is 1. The third-order valence-corrected chi connectivity index (χ3v) is 6.72. The van der Waals surface area contributed by atoms with E-state index in [1.807, 2.05) is 56.8 Å². The molecule has 1 aromatic carbocycles. The van der Waals surface area contributed by atoms with Crippen molar-refractivity contribution in [3.63, 3.8) is 0 Å². The molecule has 2 aliphatic rings. The molecule has 1 atom stereocenters. The Morgan fingerprint density at radius 1 is 1.16 bits per heavy atom. The fourth-order valence-electron chi connectivity index (χ4n) is 4.51. The Balaban J connectivity index is 1.44. The monoisotopic (exact) mass is 514 g/mol. The number of benzene rings is 1. The summed E-state index contributed by atoms with van der Waals surface area (Å²) in [6.45, 7) is 8.31. The summed E-state index contributed by atoms with van der Waals surface area (Å²) >= 11 is 0. The van der Waals surface area contributed by atoms with Crippen LogP contribution < -0.4 is 4.74 Å². The van der Waals surface area contributed by atoms with Gasteiger partial charge in [0, 0.05) is 63.5 Å². The summed E-state index contributed by atoms with van der Waals surface area (Å²) < 4.78 is 19.4. The van der Waals surface area contributed by atoms with Crippen LogP contribution in [0.15, 0.2) is 30.5 Å². The van der Waals surface area contributed by atoms with Gasteiger partial charge in [-0.25, -0.2) is 9.48 Å². The number of aromatic nitrogens is 2. The van der Waals surface area contributed by atoms with Crippen molar-refractivity contribution in [2.75, 3.05) is 33.8 Å². The Bertz CT molecular complexity index is 1020. The van der Waals surface area contributed by atoms with Gasteiger partial charge in [-0.1, -0.05) is 0 Å². The van der Waals surface area contributed by atoms with Crippen molar-refractivity contribution in [1.82, 2.24) is 19.6 Å². The van der Waals surface area contributed by atoms with E-state index in [1.165, 1.54) is 0 Å². The summed E-state index contributed by atoms with van der Waals surface area (Å²) in [5, 5.41) is 14.5. The van der Waals surface area contributed by atoms with Crippen molar-refractivity contribution >= 4 is 6.09 Å². The number of carbonyl (C=O) groups is 1. The quantitative estimate of drug-likeness (QED) is 0.529. The fraction of sp³-hybridized carbons (Fsp3) is 0.643. The number of aliphatic hydroxyl groups excluding tert-OH is 1. The molecule has 2 aromatic rings. The molecule has 1 aliphatic carbocycles. The molecule has 0 bridgehead atoms. The zero-order valence-corrected chi connectivity index (χ0v) is 22.9. The number of likely N-dealkylation sites (N-methyl/N-ethyl adjacent to an activating group) is 2. The number of hydrogen-bond acceptors (Lipinski definition) is 7. The van der Waals surface area contributed by atoms with Gasteiger partial charge in [0.05, 0.1) is 11.8 Å². The topological polar surface area (TPSA) is 89.3 Å². The highest BCUT2D eigenvalue weighted by Gasteiger charge is 2.29. The first-order valence-corrected chi connectivity index (χ1v) is 13.3. The Labute approximate surface area is 220 Å². The molecule has 1 saturated carbocycles. The molecular weight excluding hydrogens is 472 g/mol. The highest BCUT2D eigenvalue weighted by atomic mass is 16.6. The molecule has 1 aromatic heterocycles. The highest BCUT2D eigenvalue weighted by molar-refractivity contribution is 5.67. The second kappa shape index (κ2) is 11.8. The molecule has 9 nitrogen and oxygen atoms in total. The predicted octanol–water partition coefficient (Wildman–Crippen LogP) is 4.45. The summed E-state index contributed by atoms with van der Waals surface area (Å²) in [6.07, 6.45) is 6.14. The van der Waals surface area contributed by atoms with Crippen LogP contribution in [-0.2, 0) is 16.0 Å². The minimum absolute atomic E-state index is 0.0440. The zero-order chi connectivity index (χ0) is 26.6. The maximum absolute atomic E-state index is 12.3. The summed E-state index contributed by atoms with van der Waals surface area (Å²) in [4.78, 5) is 16.1. The first-order valence-electron chi connectivity index (χ1n) is 13.3. The van der Waals surface area contributed by atoms with Crippen LogP contribution >= 0.6 is 0 Å². The van der Waals surface area contributed by atoms with Gasteiger partial charge in [0.1, 0.15) is 23.7 Å². The average Bonchev–Trinajstić information content (AvgIpc) is 3.25. The summed E-state index contributed by atoms with van der Waals surface area (Å²) in [5.41, 5.74) is 2.53. The van der Waals surface area contributed by atoms with Crippen molar-refractivity contribution in [3.05, 3.63) is 36.0 Å². The zero-order valence-electron chi connectivity index (χ0n) is 22.9. The molecule has 0 radical (unpaired) electrons. The Morgan fingerprint density at radius 3 is 2.51 bits per heavy atom. The largest absolute Gasteiger partial charge is 0.490 e. The number of nitrogens with zero attached hydrogens (tertiary/aromatic N) is 4. The molecule has 1 amide bonds. The van der Waals surface area contributed by atoms with Crippen LogP contribution in [0.25, 0.3) is 11.3 Å². The minimum Gasteiger partial charge on any atom is -0.490 e. The molecule has 2 fully saturated rings. The summed E-state index contributed by atoms with van der Waals surface area (Å²) in [5.74, 6) is 0.805. The lowest BCUT2D eigenvalue weighted by molar-refractivity contribution is -0.0394. The van der Waals surface area contributed by atoms with Gasteiger partial charge in [0.15, 0.2) is 0 Å². The summed E-state index contributed by atoms with van der Waals surface area (Å²) in [6, 6.07) is 8.02. The second-order valence-corrected chi connectivity index (χ2v) is 11.3. The fourth-order valence-corrected chi connectivity index (χ4v) is 4.51. The number of aliphatic hydroxyl groups is 1. The van der Waals surface area contributed by atoms with Crippen LogP contribution in [0.4, 0.5) is 4.79 Å². The molecule has 0 spiro atoms. The van der Waals surface area contributed by atoms with Gasteiger partial charge in [-0.3, -0.25) is 0 Å². The van der Waals surface area contributed by atoms with Gasteiger partial charge in [-0.2, -0.15) is 5.10 Å². The van der Waals surface area contributed by atoms with E-state index in [1.54, 1.807) is 11.9 Å². The first kappa shape index (κ1) is 27.4. The molecule has 37 heavy (non-hydrogen) atoms. The van der Waals surface area contributed by atoms with Crippen LogP contribution in [0.2, 0.25) is 0 Å². The molecule has 204 valence electrons. The predicted molar refractivity (Wildman–Crippen MR) is 141 cm³/mol. The Morgan fingerprint density at radius 2 is 1.89 bits per heavy atom. The van der Waals surface area contributed by atoms with Crippen molar-refractivity contribution in [3.8, 4) is 17.0 Å². The normalized spacial score (nSPS) is 22.0. The van der Waals surface area contributed by atoms with Gasteiger partial charge in [-0.05, 0) is 71.3 Å². The Hall–Kier alpha value is -2.62. The van der Waals surface area contributed by atoms with Crippen LogP contribution in [0.1, 0.15) is 64.7 Å². The SMILES string of the molecule is CN(CCN(C)C(=O)OC(C)(C)C)Cc1cn(C2CCCCO2)nc1-c1ccc(OC2CC(O)C2)cc1. The maximum atomic E-state index is 12.3. The van der Waals surface area contributed by atoms with Crippen LogP contribution in [0.3, 0.4) is 0 Å². The van der Waals surface area contributed by atoms with Crippen molar-refractivity contribution in [2.45, 2.75) is 83.5 Å². The molecule has 2 heterocycles. The first-order chi connectivity index (χ1) is 17.6. The average molecular weight is 515 g/mol. The number of carbonyl (C=O) groups excluding carboxylic acids is 1. The number of ether oxygens (including phenoxy) is 3. The van der Waals surface area contributed by atoms with E-state index >= 15 is 0 Å². The third-order valence-electron chi connectivity index (χ3n) is 6.72. The van der Waals surface area contributed by atoms with Crippen LogP contribution in [-0.4, -0.2) is 82.4 Å². The van der Waals surface area contributed by atoms with E-state index in [9.17, 15) is 9.90 Å². The van der Waals surface area contributed by atoms with E-state index in [4.69, 9.17) is 19.3 Å². The molecule has 1 unspecified atom stereocenters. The van der Waals surface area contributed by atoms with E-state index < -0.39 is 5.60 Å². The minimum atomic E-state index is -0.512. The van der Waals surface area contributed by atoms with Gasteiger partial charge in [0.25, 0.3) is 0 Å². The molecule has 1 N–H and O–H groups in total. The van der Waals surface area contributed by atoms with Crippen molar-refractivity contribution < 1.29 is 24.1 Å². The maximum Gasteiger partial charge on any atom is 0.410 e. The van der Waals surface area contributed by atoms with Crippen molar-refractivity contribution in [1.29, 1.82) is 0 Å². The highest BCUT2D eigenvalue weighted by Crippen LogP contribution is 2.31. The molecule has 1 aliphatic heterocycles. The Kier molecular flexibility index (Phi) is 8.77. The lowest BCUT2D eigenvalue weighted by Gasteiger charge is -2.31. The third kappa shape index (κ3) is 7.69. The number of amides is 1. The molecule has 9 heteroatoms. The van der Waals surface area contributed by atoms with E-state index in [2.05, 4.69) is 11.1 Å². The van der Waals surface area contributed by atoms with Crippen LogP contribution in [0.5, 0.6) is 5.75 Å². The molecule has 4 rings (SSSR count). The van der Waals surface area contributed by atoms with Gasteiger partial charge in [-0.15, -0.1) is 0 Å². The van der Waals surface area contributed by atoms with Gasteiger partial charge in [0.2, 0.25) is 0 Å². The van der Waals surface area contributed by atoms with Crippen LogP contribution in [0, 0.1) is 0 Å². The van der Waals surface area contributed by atoms with E-state index in [-0.39, 0.29) is 24.5 Å². The van der Waals surface area contributed by atoms with E-state index in [0.29, 0.717) is 32.5 Å². The molecular formula is C28H42N4O5. The lowest BCUT2D eigenvalue weighted by atomic mass is 9.92. The summed E-state index contributed by atoms with van der Waals surface area (Å²) in [7, 11) is 3.81. The van der Waals surface area contributed by atoms with Gasteiger partial charge < -0.3 is 29.1 Å². The molecule has 1 saturated heterocycles. The van der Waals surface area contributed by atoms with E-state index in [0.717, 1.165) is 48.4 Å². The standard InChI is InChI=1S/C28H42N4O5/c1-28(2,3)37-27(34)31(5)14-13-30(4)18-21-19-32(25-8-6-7-15-35-25)29-26(21)20-9-11-23(12-10-20)36-24-16-22(33)17-24/h9-12,19,22,24-25,33H,6-8,13-18H2,1-5H3. The smallest absolute Gasteiger partial charge is 0.410 e. The number of rotatable bonds is 9. The van der Waals surface area contributed by atoms with Gasteiger partial charge >= 0.3 is 6.09 Å².